The first-order valence-electron chi connectivity index (χ1n) is 8.11. The maximum atomic E-state index is 11.8. The Hall–Kier alpha value is -1.32. The lowest BCUT2D eigenvalue weighted by Crippen LogP contribution is -2.90. The summed E-state index contributed by atoms with van der Waals surface area (Å²) in [5.41, 5.74) is 2.30. The average Bonchev–Trinajstić information content (AvgIpc) is 2.48. The maximum absolute atomic E-state index is 11.8. The molecule has 1 aliphatic carbocycles. The van der Waals surface area contributed by atoms with Crippen molar-refractivity contribution in [3.63, 3.8) is 0 Å². The number of benzene rings is 1. The Bertz CT molecular complexity index is 738. The molecular weight excluding hydrogens is 298 g/mol. The first-order valence-corrected chi connectivity index (χ1v) is 8.48. The van der Waals surface area contributed by atoms with Gasteiger partial charge in [0.2, 0.25) is 0 Å². The van der Waals surface area contributed by atoms with Crippen LogP contribution < -0.4 is 10.9 Å². The SMILES string of the molecule is Cc1cc2oc(=O)cc(C[NH2+][C@@H]3CCCC[C@@H]3C)c2cc1Cl. The van der Waals surface area contributed by atoms with Crippen LogP contribution in [0.1, 0.15) is 43.7 Å². The Labute approximate surface area is 135 Å². The highest BCUT2D eigenvalue weighted by Gasteiger charge is 2.24. The van der Waals surface area contributed by atoms with Gasteiger partial charge in [0.25, 0.3) is 0 Å². The second-order valence-corrected chi connectivity index (χ2v) is 6.96. The van der Waals surface area contributed by atoms with Crippen molar-refractivity contribution in [1.82, 2.24) is 0 Å². The van der Waals surface area contributed by atoms with E-state index >= 15 is 0 Å². The predicted molar refractivity (Wildman–Crippen MR) is 89.3 cm³/mol. The molecule has 0 bridgehead atoms. The van der Waals surface area contributed by atoms with Crippen molar-refractivity contribution in [3.05, 3.63) is 44.8 Å². The van der Waals surface area contributed by atoms with Gasteiger partial charge in [-0.15, -0.1) is 0 Å². The molecular formula is C18H23ClNO2+. The first-order chi connectivity index (χ1) is 10.5. The zero-order valence-electron chi connectivity index (χ0n) is 13.2. The van der Waals surface area contributed by atoms with E-state index in [1.54, 1.807) is 6.07 Å². The lowest BCUT2D eigenvalue weighted by molar-refractivity contribution is -0.712. The number of quaternary nitrogens is 1. The summed E-state index contributed by atoms with van der Waals surface area (Å²) < 4.78 is 5.32. The van der Waals surface area contributed by atoms with Crippen molar-refractivity contribution in [3.8, 4) is 0 Å². The zero-order chi connectivity index (χ0) is 15.7. The summed E-state index contributed by atoms with van der Waals surface area (Å²) >= 11 is 6.24. The summed E-state index contributed by atoms with van der Waals surface area (Å²) in [6, 6.07) is 6.03. The third kappa shape index (κ3) is 3.21. The Morgan fingerprint density at radius 2 is 2.05 bits per heavy atom. The number of hydrogen-bond acceptors (Lipinski definition) is 2. The fourth-order valence-corrected chi connectivity index (χ4v) is 3.65. The van der Waals surface area contributed by atoms with Crippen molar-refractivity contribution < 1.29 is 9.73 Å². The zero-order valence-corrected chi connectivity index (χ0v) is 14.0. The lowest BCUT2D eigenvalue weighted by atomic mass is 9.86. The van der Waals surface area contributed by atoms with Crippen LogP contribution >= 0.6 is 11.6 Å². The van der Waals surface area contributed by atoms with E-state index in [2.05, 4.69) is 12.2 Å². The quantitative estimate of drug-likeness (QED) is 0.881. The molecule has 0 spiro atoms. The Kier molecular flexibility index (Phi) is 4.55. The molecule has 1 aliphatic rings. The molecule has 1 aromatic carbocycles. The van der Waals surface area contributed by atoms with E-state index < -0.39 is 0 Å². The van der Waals surface area contributed by atoms with Gasteiger partial charge in [0, 0.05) is 28.0 Å². The minimum absolute atomic E-state index is 0.283. The normalized spacial score (nSPS) is 22.1. The Morgan fingerprint density at radius 1 is 1.27 bits per heavy atom. The van der Waals surface area contributed by atoms with Crippen LogP contribution in [0.15, 0.2) is 27.4 Å². The van der Waals surface area contributed by atoms with Gasteiger partial charge in [-0.2, -0.15) is 0 Å². The predicted octanol–water partition coefficient (Wildman–Crippen LogP) is 3.40. The molecule has 1 aromatic heterocycles. The van der Waals surface area contributed by atoms with Crippen LogP contribution in [0.3, 0.4) is 0 Å². The van der Waals surface area contributed by atoms with E-state index in [1.165, 1.54) is 25.7 Å². The fourth-order valence-electron chi connectivity index (χ4n) is 3.49. The minimum atomic E-state index is -0.283. The second-order valence-electron chi connectivity index (χ2n) is 6.55. The van der Waals surface area contributed by atoms with Crippen LogP contribution in [-0.4, -0.2) is 6.04 Å². The van der Waals surface area contributed by atoms with Crippen LogP contribution in [-0.2, 0) is 6.54 Å². The van der Waals surface area contributed by atoms with Crippen molar-refractivity contribution >= 4 is 22.6 Å². The van der Waals surface area contributed by atoms with Gasteiger partial charge in [-0.1, -0.05) is 24.9 Å². The van der Waals surface area contributed by atoms with E-state index in [4.69, 9.17) is 16.0 Å². The van der Waals surface area contributed by atoms with E-state index in [9.17, 15) is 4.79 Å². The molecule has 0 radical (unpaired) electrons. The van der Waals surface area contributed by atoms with Crippen molar-refractivity contribution in [1.29, 1.82) is 0 Å². The van der Waals surface area contributed by atoms with E-state index in [1.807, 2.05) is 19.1 Å². The summed E-state index contributed by atoms with van der Waals surface area (Å²) in [6.45, 7) is 5.05. The van der Waals surface area contributed by atoms with Gasteiger partial charge < -0.3 is 9.73 Å². The molecule has 4 heteroatoms. The lowest BCUT2D eigenvalue weighted by Gasteiger charge is -2.26. The van der Waals surface area contributed by atoms with Crippen LogP contribution in [0, 0.1) is 12.8 Å². The number of halogens is 1. The molecule has 1 fully saturated rings. The molecule has 0 aliphatic heterocycles. The van der Waals surface area contributed by atoms with Gasteiger partial charge in [-0.25, -0.2) is 4.79 Å². The summed E-state index contributed by atoms with van der Waals surface area (Å²) in [6.07, 6.45) is 5.23. The molecule has 3 rings (SSSR count). The largest absolute Gasteiger partial charge is 0.423 e. The summed E-state index contributed by atoms with van der Waals surface area (Å²) in [5.74, 6) is 0.742. The topological polar surface area (TPSA) is 46.8 Å². The number of hydrogen-bond donors (Lipinski definition) is 1. The Morgan fingerprint density at radius 3 is 2.82 bits per heavy atom. The summed E-state index contributed by atoms with van der Waals surface area (Å²) in [5, 5.41) is 4.05. The second kappa shape index (κ2) is 6.43. The van der Waals surface area contributed by atoms with Crippen LogP contribution in [0.5, 0.6) is 0 Å². The third-order valence-corrected chi connectivity index (χ3v) is 5.33. The fraction of sp³-hybridized carbons (Fsp3) is 0.500. The van der Waals surface area contributed by atoms with Gasteiger partial charge in [-0.05, 0) is 43.9 Å². The van der Waals surface area contributed by atoms with E-state index in [-0.39, 0.29) is 5.63 Å². The molecule has 2 N–H and O–H groups in total. The molecule has 118 valence electrons. The number of nitrogens with two attached hydrogens (primary N) is 1. The highest BCUT2D eigenvalue weighted by molar-refractivity contribution is 6.32. The van der Waals surface area contributed by atoms with Crippen LogP contribution in [0.25, 0.3) is 11.0 Å². The summed E-state index contributed by atoms with van der Waals surface area (Å²) in [4.78, 5) is 11.8. The minimum Gasteiger partial charge on any atom is -0.423 e. The van der Waals surface area contributed by atoms with Gasteiger partial charge in [0.15, 0.2) is 0 Å². The van der Waals surface area contributed by atoms with Gasteiger partial charge in [0.1, 0.15) is 12.1 Å². The van der Waals surface area contributed by atoms with Crippen LogP contribution in [0.4, 0.5) is 0 Å². The van der Waals surface area contributed by atoms with Crippen molar-refractivity contribution in [2.24, 2.45) is 5.92 Å². The van der Waals surface area contributed by atoms with E-state index in [0.717, 1.165) is 29.0 Å². The van der Waals surface area contributed by atoms with Gasteiger partial charge >= 0.3 is 5.63 Å². The van der Waals surface area contributed by atoms with Crippen molar-refractivity contribution in [2.45, 2.75) is 52.1 Å². The highest BCUT2D eigenvalue weighted by Crippen LogP contribution is 2.25. The number of fused-ring (bicyclic) bond motifs is 1. The van der Waals surface area contributed by atoms with Crippen molar-refractivity contribution in [2.75, 3.05) is 0 Å². The number of rotatable bonds is 3. The van der Waals surface area contributed by atoms with E-state index in [0.29, 0.717) is 16.6 Å². The summed E-state index contributed by atoms with van der Waals surface area (Å²) in [7, 11) is 0. The van der Waals surface area contributed by atoms with Gasteiger partial charge in [0.05, 0.1) is 6.04 Å². The molecule has 0 unspecified atom stereocenters. The maximum Gasteiger partial charge on any atom is 0.336 e. The van der Waals surface area contributed by atoms with Gasteiger partial charge in [-0.3, -0.25) is 0 Å². The molecule has 2 atom stereocenters. The molecule has 1 saturated carbocycles. The molecule has 1 heterocycles. The standard InChI is InChI=1S/C18H22ClNO2/c1-11-5-3-4-6-16(11)20-10-13-8-18(21)22-17-7-12(2)15(19)9-14(13)17/h7-9,11,16,20H,3-6,10H2,1-2H3/p+1/t11-,16+/m0/s1. The monoisotopic (exact) mass is 320 g/mol. The third-order valence-electron chi connectivity index (χ3n) is 4.93. The first kappa shape index (κ1) is 15.6. The molecule has 22 heavy (non-hydrogen) atoms. The number of aryl methyl sites for hydroxylation is 1. The smallest absolute Gasteiger partial charge is 0.336 e. The van der Waals surface area contributed by atoms with Crippen LogP contribution in [0.2, 0.25) is 5.02 Å². The Balaban J connectivity index is 1.89. The molecule has 3 nitrogen and oxygen atoms in total. The molecule has 0 saturated heterocycles. The molecule has 0 amide bonds. The highest BCUT2D eigenvalue weighted by atomic mass is 35.5. The average molecular weight is 321 g/mol. The molecule has 2 aromatic rings.